The summed E-state index contributed by atoms with van der Waals surface area (Å²) in [5.74, 6) is 0.510. The van der Waals surface area contributed by atoms with Crippen LogP contribution in [-0.4, -0.2) is 5.71 Å². The van der Waals surface area contributed by atoms with Gasteiger partial charge in [0.2, 0.25) is 0 Å². The Morgan fingerprint density at radius 3 is 2.69 bits per heavy atom. The summed E-state index contributed by atoms with van der Waals surface area (Å²) < 4.78 is 0. The van der Waals surface area contributed by atoms with Gasteiger partial charge in [-0.25, -0.2) is 0 Å². The lowest BCUT2D eigenvalue weighted by molar-refractivity contribution is 0.757. The SMILES string of the molecule is C=C1C=CN=C(CC(=C)C(C)C)C(CC)=C1. The first-order chi connectivity index (χ1) is 7.54. The Hall–Kier alpha value is -1.37. The first kappa shape index (κ1) is 12.7. The lowest BCUT2D eigenvalue weighted by Gasteiger charge is -2.12. The molecular formula is C15H21N. The highest BCUT2D eigenvalue weighted by atomic mass is 14.7. The molecule has 0 saturated heterocycles. The standard InChI is InChI=1S/C15H21N/c1-6-14-9-12(4)7-8-16-15(14)10-13(5)11(2)3/h7-9,11H,4-6,10H2,1-3H3. The van der Waals surface area contributed by atoms with E-state index in [4.69, 9.17) is 0 Å². The van der Waals surface area contributed by atoms with E-state index < -0.39 is 0 Å². The van der Waals surface area contributed by atoms with Gasteiger partial charge in [-0.2, -0.15) is 0 Å². The van der Waals surface area contributed by atoms with Crippen molar-refractivity contribution in [3.05, 3.63) is 48.2 Å². The molecule has 0 fully saturated rings. The minimum Gasteiger partial charge on any atom is -0.261 e. The zero-order valence-electron chi connectivity index (χ0n) is 10.6. The zero-order valence-corrected chi connectivity index (χ0v) is 10.6. The summed E-state index contributed by atoms with van der Waals surface area (Å²) in [4.78, 5) is 4.49. The van der Waals surface area contributed by atoms with Crippen LogP contribution in [0.2, 0.25) is 0 Å². The molecule has 1 aliphatic heterocycles. The van der Waals surface area contributed by atoms with Gasteiger partial charge in [0.05, 0.1) is 0 Å². The second kappa shape index (κ2) is 5.64. The lowest BCUT2D eigenvalue weighted by Crippen LogP contribution is -2.06. The predicted molar refractivity (Wildman–Crippen MR) is 72.7 cm³/mol. The Balaban J connectivity index is 2.89. The van der Waals surface area contributed by atoms with Crippen LogP contribution in [0.15, 0.2) is 53.2 Å². The van der Waals surface area contributed by atoms with Crippen molar-refractivity contribution in [1.82, 2.24) is 0 Å². The van der Waals surface area contributed by atoms with Crippen molar-refractivity contribution in [3.63, 3.8) is 0 Å². The summed E-state index contributed by atoms with van der Waals surface area (Å²) in [6.07, 6.45) is 7.76. The van der Waals surface area contributed by atoms with Crippen molar-refractivity contribution in [3.8, 4) is 0 Å². The molecule has 0 unspecified atom stereocenters. The largest absolute Gasteiger partial charge is 0.261 e. The second-order valence-electron chi connectivity index (χ2n) is 4.48. The molecule has 86 valence electrons. The van der Waals surface area contributed by atoms with Crippen LogP contribution >= 0.6 is 0 Å². The highest BCUT2D eigenvalue weighted by Gasteiger charge is 2.10. The molecule has 1 heteroatoms. The smallest absolute Gasteiger partial charge is 0.0476 e. The second-order valence-corrected chi connectivity index (χ2v) is 4.48. The highest BCUT2D eigenvalue weighted by Crippen LogP contribution is 2.20. The van der Waals surface area contributed by atoms with Crippen LogP contribution in [0.1, 0.15) is 33.6 Å². The highest BCUT2D eigenvalue weighted by molar-refractivity contribution is 6.02. The fourth-order valence-electron chi connectivity index (χ4n) is 1.55. The van der Waals surface area contributed by atoms with E-state index in [0.717, 1.165) is 24.1 Å². The first-order valence-corrected chi connectivity index (χ1v) is 5.85. The number of rotatable bonds is 4. The van der Waals surface area contributed by atoms with Gasteiger partial charge in [0, 0.05) is 18.3 Å². The van der Waals surface area contributed by atoms with Gasteiger partial charge >= 0.3 is 0 Å². The summed E-state index contributed by atoms with van der Waals surface area (Å²) in [6.45, 7) is 14.6. The molecule has 1 aliphatic rings. The maximum Gasteiger partial charge on any atom is 0.0476 e. The van der Waals surface area contributed by atoms with Crippen molar-refractivity contribution in [2.24, 2.45) is 10.9 Å². The Bertz CT molecular complexity index is 378. The van der Waals surface area contributed by atoms with Crippen molar-refractivity contribution < 1.29 is 0 Å². The molecule has 0 saturated carbocycles. The molecule has 0 amide bonds. The molecule has 0 atom stereocenters. The minimum atomic E-state index is 0.510. The molecule has 16 heavy (non-hydrogen) atoms. The average Bonchev–Trinajstić information content (AvgIpc) is 2.40. The third kappa shape index (κ3) is 3.34. The molecule has 0 aliphatic carbocycles. The van der Waals surface area contributed by atoms with Crippen LogP contribution < -0.4 is 0 Å². The van der Waals surface area contributed by atoms with Crippen LogP contribution in [0.4, 0.5) is 0 Å². The van der Waals surface area contributed by atoms with E-state index in [9.17, 15) is 0 Å². The van der Waals surface area contributed by atoms with Gasteiger partial charge in [0.25, 0.3) is 0 Å². The molecular weight excluding hydrogens is 194 g/mol. The number of allylic oxidation sites excluding steroid dienone is 5. The topological polar surface area (TPSA) is 12.4 Å². The van der Waals surface area contributed by atoms with Crippen LogP contribution in [0.5, 0.6) is 0 Å². The van der Waals surface area contributed by atoms with Gasteiger partial charge in [-0.15, -0.1) is 0 Å². The van der Waals surface area contributed by atoms with Crippen molar-refractivity contribution >= 4 is 5.71 Å². The van der Waals surface area contributed by atoms with Gasteiger partial charge < -0.3 is 0 Å². The fourth-order valence-corrected chi connectivity index (χ4v) is 1.55. The van der Waals surface area contributed by atoms with Crippen molar-refractivity contribution in [1.29, 1.82) is 0 Å². The van der Waals surface area contributed by atoms with Crippen LogP contribution in [0.25, 0.3) is 0 Å². The monoisotopic (exact) mass is 215 g/mol. The Morgan fingerprint density at radius 1 is 1.44 bits per heavy atom. The zero-order chi connectivity index (χ0) is 12.1. The van der Waals surface area contributed by atoms with Crippen molar-refractivity contribution in [2.75, 3.05) is 0 Å². The molecule has 1 nitrogen and oxygen atoms in total. The number of aliphatic imine (C=N–C) groups is 1. The molecule has 0 aromatic heterocycles. The molecule has 0 radical (unpaired) electrons. The molecule has 1 heterocycles. The Morgan fingerprint density at radius 2 is 2.12 bits per heavy atom. The number of hydrogen-bond donors (Lipinski definition) is 0. The van der Waals surface area contributed by atoms with E-state index in [2.05, 4.69) is 45.0 Å². The van der Waals surface area contributed by atoms with Gasteiger partial charge in [-0.1, -0.05) is 45.6 Å². The minimum absolute atomic E-state index is 0.510. The quantitative estimate of drug-likeness (QED) is 0.614. The Labute approximate surface area is 99.0 Å². The summed E-state index contributed by atoms with van der Waals surface area (Å²) in [5.41, 5.74) is 4.66. The number of hydrogen-bond acceptors (Lipinski definition) is 1. The summed E-state index contributed by atoms with van der Waals surface area (Å²) in [5, 5.41) is 0. The molecule has 0 aromatic carbocycles. The van der Waals surface area contributed by atoms with Crippen LogP contribution in [-0.2, 0) is 0 Å². The van der Waals surface area contributed by atoms with Crippen LogP contribution in [0.3, 0.4) is 0 Å². The molecule has 0 aromatic rings. The lowest BCUT2D eigenvalue weighted by atomic mass is 9.94. The van der Waals surface area contributed by atoms with Gasteiger partial charge in [-0.05, 0) is 29.6 Å². The number of nitrogens with zero attached hydrogens (tertiary/aromatic N) is 1. The van der Waals surface area contributed by atoms with Gasteiger partial charge in [0.15, 0.2) is 0 Å². The summed E-state index contributed by atoms with van der Waals surface area (Å²) >= 11 is 0. The summed E-state index contributed by atoms with van der Waals surface area (Å²) in [6, 6.07) is 0. The van der Waals surface area contributed by atoms with Gasteiger partial charge in [0.1, 0.15) is 0 Å². The maximum absolute atomic E-state index is 4.49. The van der Waals surface area contributed by atoms with E-state index in [1.807, 2.05) is 12.3 Å². The third-order valence-corrected chi connectivity index (χ3v) is 2.84. The van der Waals surface area contributed by atoms with E-state index >= 15 is 0 Å². The molecule has 0 N–H and O–H groups in total. The van der Waals surface area contributed by atoms with Crippen LogP contribution in [0, 0.1) is 5.92 Å². The van der Waals surface area contributed by atoms with E-state index in [1.165, 1.54) is 11.1 Å². The normalized spacial score (nSPS) is 15.9. The molecule has 0 spiro atoms. The van der Waals surface area contributed by atoms with Gasteiger partial charge in [-0.3, -0.25) is 4.99 Å². The predicted octanol–water partition coefficient (Wildman–Crippen LogP) is 4.45. The van der Waals surface area contributed by atoms with Crippen molar-refractivity contribution in [2.45, 2.75) is 33.6 Å². The first-order valence-electron chi connectivity index (χ1n) is 5.85. The van der Waals surface area contributed by atoms with E-state index in [1.54, 1.807) is 0 Å². The fraction of sp³-hybridized carbons (Fsp3) is 0.400. The summed E-state index contributed by atoms with van der Waals surface area (Å²) in [7, 11) is 0. The van der Waals surface area contributed by atoms with E-state index in [-0.39, 0.29) is 0 Å². The maximum atomic E-state index is 4.49. The molecule has 1 rings (SSSR count). The third-order valence-electron chi connectivity index (χ3n) is 2.84. The Kier molecular flexibility index (Phi) is 4.48. The average molecular weight is 215 g/mol. The molecule has 0 bridgehead atoms. The van der Waals surface area contributed by atoms with E-state index in [0.29, 0.717) is 5.92 Å².